The summed E-state index contributed by atoms with van der Waals surface area (Å²) in [5.74, 6) is -0.521. The van der Waals surface area contributed by atoms with Crippen LogP contribution in [0.25, 0.3) is 16.6 Å². The first-order valence-corrected chi connectivity index (χ1v) is 9.37. The number of nitrogens with one attached hydrogen (secondary N) is 1. The van der Waals surface area contributed by atoms with Crippen molar-refractivity contribution in [2.45, 2.75) is 24.3 Å². The average Bonchev–Trinajstić information content (AvgIpc) is 3.06. The van der Waals surface area contributed by atoms with Crippen LogP contribution >= 0.6 is 11.8 Å². The monoisotopic (exact) mass is 380 g/mol. The molecule has 1 N–H and O–H groups in total. The number of hydrogen-bond acceptors (Lipinski definition) is 4. The summed E-state index contributed by atoms with van der Waals surface area (Å²) in [7, 11) is 0. The Morgan fingerprint density at radius 3 is 2.67 bits per heavy atom. The van der Waals surface area contributed by atoms with E-state index in [4.69, 9.17) is 0 Å². The number of carbonyl (C=O) groups is 1. The number of thioether (sulfide) groups is 1. The van der Waals surface area contributed by atoms with Crippen molar-refractivity contribution in [1.29, 1.82) is 0 Å². The Hall–Kier alpha value is -2.93. The molecule has 5 nitrogen and oxygen atoms in total. The molecule has 0 aliphatic rings. The second-order valence-electron chi connectivity index (χ2n) is 6.28. The molecule has 0 spiro atoms. The molecule has 0 fully saturated rings. The number of hydrogen-bond donors (Lipinski definition) is 1. The van der Waals surface area contributed by atoms with Gasteiger partial charge in [0.1, 0.15) is 5.82 Å². The van der Waals surface area contributed by atoms with Gasteiger partial charge in [0.25, 0.3) is 0 Å². The van der Waals surface area contributed by atoms with Crippen LogP contribution in [-0.4, -0.2) is 25.8 Å². The van der Waals surface area contributed by atoms with E-state index >= 15 is 0 Å². The highest BCUT2D eigenvalue weighted by atomic mass is 32.2. The molecule has 0 saturated heterocycles. The minimum absolute atomic E-state index is 0.181. The first-order chi connectivity index (χ1) is 13.0. The molecular formula is C20H17FN4OS. The summed E-state index contributed by atoms with van der Waals surface area (Å²) in [5, 5.41) is 12.7. The van der Waals surface area contributed by atoms with Gasteiger partial charge in [-0.3, -0.25) is 9.20 Å². The third-order valence-electron chi connectivity index (χ3n) is 4.34. The van der Waals surface area contributed by atoms with E-state index < -0.39 is 5.25 Å². The average molecular weight is 380 g/mol. The molecule has 136 valence electrons. The number of aryl methyl sites for hydroxylation is 1. The molecule has 1 atom stereocenters. The molecule has 0 unspecified atom stereocenters. The lowest BCUT2D eigenvalue weighted by Gasteiger charge is -2.12. The number of nitrogens with zero attached hydrogens (tertiary/aromatic N) is 3. The molecule has 1 amide bonds. The molecule has 7 heteroatoms. The van der Waals surface area contributed by atoms with Crippen LogP contribution in [0.15, 0.2) is 59.8 Å². The van der Waals surface area contributed by atoms with Crippen LogP contribution in [0.4, 0.5) is 10.1 Å². The van der Waals surface area contributed by atoms with E-state index in [1.54, 1.807) is 6.92 Å². The van der Waals surface area contributed by atoms with Crippen molar-refractivity contribution in [3.63, 3.8) is 0 Å². The summed E-state index contributed by atoms with van der Waals surface area (Å²) in [4.78, 5) is 12.5. The van der Waals surface area contributed by atoms with Gasteiger partial charge in [0.15, 0.2) is 10.8 Å². The fourth-order valence-electron chi connectivity index (χ4n) is 2.94. The van der Waals surface area contributed by atoms with E-state index in [-0.39, 0.29) is 11.7 Å². The van der Waals surface area contributed by atoms with Crippen LogP contribution in [0.1, 0.15) is 12.5 Å². The molecular weight excluding hydrogens is 363 g/mol. The first kappa shape index (κ1) is 17.5. The molecule has 0 radical (unpaired) electrons. The summed E-state index contributed by atoms with van der Waals surface area (Å²) >= 11 is 1.33. The van der Waals surface area contributed by atoms with E-state index in [2.05, 4.69) is 21.6 Å². The van der Waals surface area contributed by atoms with Gasteiger partial charge in [-0.25, -0.2) is 4.39 Å². The van der Waals surface area contributed by atoms with Gasteiger partial charge in [0.2, 0.25) is 5.91 Å². The van der Waals surface area contributed by atoms with Crippen molar-refractivity contribution >= 4 is 39.9 Å². The van der Waals surface area contributed by atoms with Gasteiger partial charge in [0, 0.05) is 11.1 Å². The van der Waals surface area contributed by atoms with E-state index in [0.717, 1.165) is 22.1 Å². The first-order valence-electron chi connectivity index (χ1n) is 8.49. The quantitative estimate of drug-likeness (QED) is 0.532. The number of halogens is 1. The lowest BCUT2D eigenvalue weighted by Crippen LogP contribution is -2.22. The summed E-state index contributed by atoms with van der Waals surface area (Å²) in [6.45, 7) is 3.85. The third-order valence-corrected chi connectivity index (χ3v) is 5.38. The molecule has 2 aromatic carbocycles. The maximum absolute atomic E-state index is 13.0. The van der Waals surface area contributed by atoms with Crippen molar-refractivity contribution in [1.82, 2.24) is 14.6 Å². The molecule has 0 aliphatic carbocycles. The molecule has 2 heterocycles. The van der Waals surface area contributed by atoms with Gasteiger partial charge in [0.05, 0.1) is 10.8 Å². The highest BCUT2D eigenvalue weighted by molar-refractivity contribution is 8.00. The number of rotatable bonds is 4. The third kappa shape index (κ3) is 3.38. The van der Waals surface area contributed by atoms with Gasteiger partial charge in [-0.15, -0.1) is 10.2 Å². The summed E-state index contributed by atoms with van der Waals surface area (Å²) in [6.07, 6.45) is 0. The van der Waals surface area contributed by atoms with Gasteiger partial charge in [-0.2, -0.15) is 0 Å². The molecule has 4 rings (SSSR count). The standard InChI is InChI=1S/C20H17FN4OS/c1-12-11-18-23-24-20(25(18)17-6-4-3-5-16(12)17)27-13(2)19(26)22-15-9-7-14(21)8-10-15/h3-11,13H,1-2H3,(H,22,26)/t13-/m0/s1. The zero-order valence-corrected chi connectivity index (χ0v) is 15.6. The second-order valence-corrected chi connectivity index (χ2v) is 7.58. The zero-order chi connectivity index (χ0) is 19.0. The Morgan fingerprint density at radius 2 is 1.89 bits per heavy atom. The van der Waals surface area contributed by atoms with Crippen LogP contribution in [0.2, 0.25) is 0 Å². The molecule has 0 saturated carbocycles. The number of benzene rings is 2. The van der Waals surface area contributed by atoms with Crippen molar-refractivity contribution in [2.24, 2.45) is 0 Å². The Balaban J connectivity index is 1.62. The number of anilines is 1. The number of pyridine rings is 1. The second kappa shape index (κ2) is 7.00. The minimum Gasteiger partial charge on any atom is -0.325 e. The van der Waals surface area contributed by atoms with Crippen molar-refractivity contribution in [3.05, 3.63) is 66.0 Å². The van der Waals surface area contributed by atoms with Crippen molar-refractivity contribution < 1.29 is 9.18 Å². The number of para-hydroxylation sites is 1. The van der Waals surface area contributed by atoms with E-state index in [1.165, 1.54) is 36.0 Å². The Bertz CT molecular complexity index is 1140. The van der Waals surface area contributed by atoms with Gasteiger partial charge >= 0.3 is 0 Å². The number of amides is 1. The SMILES string of the molecule is Cc1cc2nnc(S[C@@H](C)C(=O)Nc3ccc(F)cc3)n2c2ccccc12. The summed E-state index contributed by atoms with van der Waals surface area (Å²) in [5.41, 5.74) is 3.44. The maximum atomic E-state index is 13.0. The Morgan fingerprint density at radius 1 is 1.15 bits per heavy atom. The van der Waals surface area contributed by atoms with Gasteiger partial charge in [-0.05, 0) is 55.8 Å². The summed E-state index contributed by atoms with van der Waals surface area (Å²) in [6, 6.07) is 15.7. The van der Waals surface area contributed by atoms with Crippen molar-refractivity contribution in [2.75, 3.05) is 5.32 Å². The molecule has 0 bridgehead atoms. The predicted molar refractivity (Wildman–Crippen MR) is 106 cm³/mol. The minimum atomic E-state index is -0.400. The topological polar surface area (TPSA) is 59.3 Å². The number of aromatic nitrogens is 3. The Kier molecular flexibility index (Phi) is 4.53. The number of fused-ring (bicyclic) bond motifs is 3. The lowest BCUT2D eigenvalue weighted by molar-refractivity contribution is -0.115. The molecule has 0 aliphatic heterocycles. The highest BCUT2D eigenvalue weighted by Crippen LogP contribution is 2.28. The van der Waals surface area contributed by atoms with Gasteiger partial charge in [-0.1, -0.05) is 30.0 Å². The summed E-state index contributed by atoms with van der Waals surface area (Å²) < 4.78 is 15.0. The van der Waals surface area contributed by atoms with Crippen molar-refractivity contribution in [3.8, 4) is 0 Å². The van der Waals surface area contributed by atoms with Crippen LogP contribution in [0, 0.1) is 12.7 Å². The fraction of sp³-hybridized carbons (Fsp3) is 0.150. The lowest BCUT2D eigenvalue weighted by atomic mass is 10.1. The van der Waals surface area contributed by atoms with Gasteiger partial charge < -0.3 is 5.32 Å². The van der Waals surface area contributed by atoms with Crippen LogP contribution in [0.3, 0.4) is 0 Å². The van der Waals surface area contributed by atoms with E-state index in [1.807, 2.05) is 35.6 Å². The van der Waals surface area contributed by atoms with Crippen LogP contribution in [-0.2, 0) is 4.79 Å². The largest absolute Gasteiger partial charge is 0.325 e. The normalized spacial score (nSPS) is 12.4. The van der Waals surface area contributed by atoms with Crippen LogP contribution in [0.5, 0.6) is 0 Å². The van der Waals surface area contributed by atoms with E-state index in [9.17, 15) is 9.18 Å². The fourth-order valence-corrected chi connectivity index (χ4v) is 3.81. The zero-order valence-electron chi connectivity index (χ0n) is 14.8. The molecule has 27 heavy (non-hydrogen) atoms. The molecule has 2 aromatic heterocycles. The molecule has 4 aromatic rings. The van der Waals surface area contributed by atoms with E-state index in [0.29, 0.717) is 10.8 Å². The number of carbonyl (C=O) groups excluding carboxylic acids is 1. The Labute approximate surface area is 159 Å². The smallest absolute Gasteiger partial charge is 0.237 e. The maximum Gasteiger partial charge on any atom is 0.237 e. The highest BCUT2D eigenvalue weighted by Gasteiger charge is 2.19. The predicted octanol–water partition coefficient (Wildman–Crippen LogP) is 4.45. The van der Waals surface area contributed by atoms with Crippen LogP contribution < -0.4 is 5.32 Å².